The van der Waals surface area contributed by atoms with Gasteiger partial charge in [0.15, 0.2) is 0 Å². The molecular formula is C20H22F2O. The summed E-state index contributed by atoms with van der Waals surface area (Å²) < 4.78 is 33.9. The lowest BCUT2D eigenvalue weighted by molar-refractivity contribution is 0.0565. The van der Waals surface area contributed by atoms with Crippen LogP contribution in [0.3, 0.4) is 0 Å². The molecule has 0 aliphatic rings. The van der Waals surface area contributed by atoms with Crippen molar-refractivity contribution in [1.29, 1.82) is 0 Å². The quantitative estimate of drug-likeness (QED) is 0.706. The lowest BCUT2D eigenvalue weighted by Crippen LogP contribution is -2.16. The Morgan fingerprint density at radius 1 is 1.00 bits per heavy atom. The zero-order valence-corrected chi connectivity index (χ0v) is 14.0. The van der Waals surface area contributed by atoms with E-state index in [0.29, 0.717) is 16.9 Å². The van der Waals surface area contributed by atoms with Crippen LogP contribution in [0, 0.1) is 20.8 Å². The highest BCUT2D eigenvalue weighted by Crippen LogP contribution is 2.30. The first-order valence-electron chi connectivity index (χ1n) is 7.60. The second-order valence-corrected chi connectivity index (χ2v) is 5.83. The molecule has 0 saturated carbocycles. The Labute approximate surface area is 136 Å². The molecule has 0 fully saturated rings. The molecule has 0 radical (unpaired) electrons. The maximum absolute atomic E-state index is 14.3. The molecule has 2 aromatic rings. The molecule has 3 heteroatoms. The Morgan fingerprint density at radius 3 is 2.35 bits per heavy atom. The molecule has 0 bridgehead atoms. The number of allylic oxidation sites excluding steroid dienone is 1. The summed E-state index contributed by atoms with van der Waals surface area (Å²) in [6.07, 6.45) is 2.11. The molecule has 0 aliphatic heterocycles. The maximum atomic E-state index is 14.3. The molecule has 1 nitrogen and oxygen atoms in total. The Balaban J connectivity index is 2.25. The summed E-state index contributed by atoms with van der Waals surface area (Å²) in [7, 11) is 1.56. The number of rotatable bonds is 5. The van der Waals surface area contributed by atoms with Crippen LogP contribution in [0.2, 0.25) is 0 Å². The summed E-state index contributed by atoms with van der Waals surface area (Å²) in [6, 6.07) is 11.0. The standard InChI is InChI=1S/C20H22F2O/c1-14-9-10-17(19(23-4)16(14)3)11-12-20(21,22)13-18-8-6-5-7-15(18)2/h5-12H,13H2,1-4H3/b12-11+. The average Bonchev–Trinajstić information content (AvgIpc) is 2.50. The van der Waals surface area contributed by atoms with Gasteiger partial charge in [0.05, 0.1) is 7.11 Å². The van der Waals surface area contributed by atoms with Gasteiger partial charge < -0.3 is 4.74 Å². The minimum atomic E-state index is -2.91. The Kier molecular flexibility index (Phi) is 5.19. The topological polar surface area (TPSA) is 9.23 Å². The van der Waals surface area contributed by atoms with Crippen molar-refractivity contribution in [2.75, 3.05) is 7.11 Å². The second-order valence-electron chi connectivity index (χ2n) is 5.83. The van der Waals surface area contributed by atoms with Gasteiger partial charge in [0.1, 0.15) is 5.75 Å². The normalized spacial score (nSPS) is 11.9. The monoisotopic (exact) mass is 316 g/mol. The Hall–Kier alpha value is -2.16. The minimum Gasteiger partial charge on any atom is -0.496 e. The molecule has 23 heavy (non-hydrogen) atoms. The van der Waals surface area contributed by atoms with Gasteiger partial charge in [-0.2, -0.15) is 0 Å². The molecule has 0 heterocycles. The van der Waals surface area contributed by atoms with Crippen LogP contribution in [0.4, 0.5) is 8.78 Å². The van der Waals surface area contributed by atoms with Crippen molar-refractivity contribution in [1.82, 2.24) is 0 Å². The van der Waals surface area contributed by atoms with Crippen LogP contribution in [0.5, 0.6) is 5.75 Å². The number of methoxy groups -OCH3 is 1. The summed E-state index contributed by atoms with van der Waals surface area (Å²) in [6.45, 7) is 5.75. The number of aryl methyl sites for hydroxylation is 2. The third-order valence-corrected chi connectivity index (χ3v) is 4.11. The zero-order chi connectivity index (χ0) is 17.0. The smallest absolute Gasteiger partial charge is 0.270 e. The summed E-state index contributed by atoms with van der Waals surface area (Å²) in [5, 5.41) is 0. The van der Waals surface area contributed by atoms with E-state index in [0.717, 1.165) is 22.8 Å². The van der Waals surface area contributed by atoms with Gasteiger partial charge in [-0.05, 0) is 55.2 Å². The highest BCUT2D eigenvalue weighted by molar-refractivity contribution is 5.62. The van der Waals surface area contributed by atoms with Gasteiger partial charge in [-0.25, -0.2) is 8.78 Å². The van der Waals surface area contributed by atoms with E-state index in [9.17, 15) is 8.78 Å². The summed E-state index contributed by atoms with van der Waals surface area (Å²) in [5.41, 5.74) is 4.25. The second kappa shape index (κ2) is 6.95. The SMILES string of the molecule is COc1c(/C=C/C(F)(F)Cc2ccccc2C)ccc(C)c1C. The van der Waals surface area contributed by atoms with Crippen molar-refractivity contribution in [2.45, 2.75) is 33.1 Å². The van der Waals surface area contributed by atoms with Crippen LogP contribution in [0.15, 0.2) is 42.5 Å². The van der Waals surface area contributed by atoms with Crippen LogP contribution in [-0.4, -0.2) is 13.0 Å². The molecule has 122 valence electrons. The average molecular weight is 316 g/mol. The Bertz CT molecular complexity index is 718. The molecule has 0 unspecified atom stereocenters. The minimum absolute atomic E-state index is 0.302. The number of ether oxygens (including phenoxy) is 1. The van der Waals surface area contributed by atoms with E-state index in [4.69, 9.17) is 4.74 Å². The number of hydrogen-bond donors (Lipinski definition) is 0. The zero-order valence-electron chi connectivity index (χ0n) is 14.0. The molecule has 0 saturated heterocycles. The van der Waals surface area contributed by atoms with Crippen molar-refractivity contribution >= 4 is 6.08 Å². The van der Waals surface area contributed by atoms with E-state index < -0.39 is 5.92 Å². The van der Waals surface area contributed by atoms with Crippen molar-refractivity contribution in [3.05, 3.63) is 70.3 Å². The fraction of sp³-hybridized carbons (Fsp3) is 0.300. The summed E-state index contributed by atoms with van der Waals surface area (Å²) >= 11 is 0. The van der Waals surface area contributed by atoms with Crippen molar-refractivity contribution in [3.63, 3.8) is 0 Å². The summed E-state index contributed by atoms with van der Waals surface area (Å²) in [4.78, 5) is 0. The molecule has 2 rings (SSSR count). The van der Waals surface area contributed by atoms with Crippen molar-refractivity contribution in [3.8, 4) is 5.75 Å². The van der Waals surface area contributed by atoms with E-state index in [1.54, 1.807) is 19.2 Å². The third-order valence-electron chi connectivity index (χ3n) is 4.11. The number of benzene rings is 2. The molecule has 2 aromatic carbocycles. The van der Waals surface area contributed by atoms with Gasteiger partial charge in [0.25, 0.3) is 5.92 Å². The maximum Gasteiger partial charge on any atom is 0.270 e. The predicted molar refractivity (Wildman–Crippen MR) is 91.3 cm³/mol. The largest absolute Gasteiger partial charge is 0.496 e. The van der Waals surface area contributed by atoms with Gasteiger partial charge in [-0.15, -0.1) is 0 Å². The predicted octanol–water partition coefficient (Wildman–Crippen LogP) is 5.51. The molecule has 0 aliphatic carbocycles. The van der Waals surface area contributed by atoms with Gasteiger partial charge in [0.2, 0.25) is 0 Å². The highest BCUT2D eigenvalue weighted by atomic mass is 19.3. The lowest BCUT2D eigenvalue weighted by Gasteiger charge is -2.15. The Morgan fingerprint density at radius 2 is 1.70 bits per heavy atom. The molecular weight excluding hydrogens is 294 g/mol. The first-order chi connectivity index (χ1) is 10.8. The van der Waals surface area contributed by atoms with Crippen molar-refractivity contribution < 1.29 is 13.5 Å². The molecule has 0 N–H and O–H groups in total. The van der Waals surface area contributed by atoms with Crippen molar-refractivity contribution in [2.24, 2.45) is 0 Å². The highest BCUT2D eigenvalue weighted by Gasteiger charge is 2.26. The van der Waals surface area contributed by atoms with E-state index in [1.165, 1.54) is 6.08 Å². The fourth-order valence-corrected chi connectivity index (χ4v) is 2.55. The first-order valence-corrected chi connectivity index (χ1v) is 7.60. The lowest BCUT2D eigenvalue weighted by atomic mass is 10.00. The summed E-state index contributed by atoms with van der Waals surface area (Å²) in [5.74, 6) is -2.26. The van der Waals surface area contributed by atoms with E-state index in [2.05, 4.69) is 0 Å². The third kappa shape index (κ3) is 4.19. The van der Waals surface area contributed by atoms with Gasteiger partial charge in [-0.3, -0.25) is 0 Å². The molecule has 0 aromatic heterocycles. The van der Waals surface area contributed by atoms with Crippen LogP contribution in [0.1, 0.15) is 27.8 Å². The fourth-order valence-electron chi connectivity index (χ4n) is 2.55. The number of alkyl halides is 2. The molecule has 0 atom stereocenters. The molecule has 0 spiro atoms. The van der Waals surface area contributed by atoms with Gasteiger partial charge in [0, 0.05) is 12.0 Å². The number of hydrogen-bond acceptors (Lipinski definition) is 1. The van der Waals surface area contributed by atoms with E-state index in [-0.39, 0.29) is 6.42 Å². The first kappa shape index (κ1) is 17.2. The van der Waals surface area contributed by atoms with Crippen LogP contribution in [0.25, 0.3) is 6.08 Å². The molecule has 0 amide bonds. The van der Waals surface area contributed by atoms with E-state index >= 15 is 0 Å². The number of halogens is 2. The van der Waals surface area contributed by atoms with Gasteiger partial charge >= 0.3 is 0 Å². The van der Waals surface area contributed by atoms with Crippen LogP contribution >= 0.6 is 0 Å². The van der Waals surface area contributed by atoms with Gasteiger partial charge in [-0.1, -0.05) is 36.4 Å². The van der Waals surface area contributed by atoms with Crippen LogP contribution < -0.4 is 4.74 Å². The van der Waals surface area contributed by atoms with E-state index in [1.807, 2.05) is 45.0 Å². The van der Waals surface area contributed by atoms with Crippen LogP contribution in [-0.2, 0) is 6.42 Å².